The summed E-state index contributed by atoms with van der Waals surface area (Å²) in [5.74, 6) is 0.0606. The lowest BCUT2D eigenvalue weighted by atomic mass is 10.0. The molecule has 0 heterocycles. The van der Waals surface area contributed by atoms with E-state index in [1.807, 2.05) is 13.8 Å². The van der Waals surface area contributed by atoms with E-state index in [0.717, 1.165) is 6.42 Å². The first-order chi connectivity index (χ1) is 8.34. The predicted molar refractivity (Wildman–Crippen MR) is 82.8 cm³/mol. The van der Waals surface area contributed by atoms with Crippen LogP contribution in [0.4, 0.5) is 0 Å². The number of benzene rings is 1. The standard InChI is InChI=1S/C15H24N2O.ClH/c1-11-5-6-13(12(2)9-11)7-8-14(18)17-15(3,4)10-16;/h5-6,9H,7-8,10,16H2,1-4H3,(H,17,18);1H. The van der Waals surface area contributed by atoms with E-state index in [-0.39, 0.29) is 23.9 Å². The minimum atomic E-state index is -0.320. The molecule has 0 atom stereocenters. The van der Waals surface area contributed by atoms with Crippen LogP contribution in [0.25, 0.3) is 0 Å². The number of rotatable bonds is 5. The molecule has 0 saturated heterocycles. The maximum Gasteiger partial charge on any atom is 0.220 e. The summed E-state index contributed by atoms with van der Waals surface area (Å²) in [6, 6.07) is 6.34. The zero-order chi connectivity index (χ0) is 13.8. The fourth-order valence-corrected chi connectivity index (χ4v) is 1.87. The van der Waals surface area contributed by atoms with Gasteiger partial charge in [-0.05, 0) is 45.2 Å². The number of halogens is 1. The molecule has 108 valence electrons. The van der Waals surface area contributed by atoms with Gasteiger partial charge in [0.2, 0.25) is 5.91 Å². The molecule has 3 N–H and O–H groups in total. The lowest BCUT2D eigenvalue weighted by Gasteiger charge is -2.24. The van der Waals surface area contributed by atoms with Crippen molar-refractivity contribution in [1.82, 2.24) is 5.32 Å². The molecular formula is C15H25ClN2O. The number of aryl methyl sites for hydroxylation is 3. The number of carbonyl (C=O) groups excluding carboxylic acids is 1. The molecule has 0 aliphatic heterocycles. The van der Waals surface area contributed by atoms with Crippen molar-refractivity contribution < 1.29 is 4.79 Å². The molecule has 4 heteroatoms. The molecule has 3 nitrogen and oxygen atoms in total. The fourth-order valence-electron chi connectivity index (χ4n) is 1.87. The summed E-state index contributed by atoms with van der Waals surface area (Å²) in [6.45, 7) is 8.48. The van der Waals surface area contributed by atoms with Crippen LogP contribution in [0.15, 0.2) is 18.2 Å². The van der Waals surface area contributed by atoms with Crippen LogP contribution in [-0.4, -0.2) is 18.0 Å². The number of carbonyl (C=O) groups is 1. The fraction of sp³-hybridized carbons (Fsp3) is 0.533. The molecule has 0 saturated carbocycles. The Morgan fingerprint density at radius 3 is 2.47 bits per heavy atom. The zero-order valence-electron chi connectivity index (χ0n) is 12.2. The van der Waals surface area contributed by atoms with Crippen molar-refractivity contribution in [3.8, 4) is 0 Å². The number of hydrogen-bond donors (Lipinski definition) is 2. The van der Waals surface area contributed by atoms with Crippen molar-refractivity contribution in [1.29, 1.82) is 0 Å². The van der Waals surface area contributed by atoms with Gasteiger partial charge in [0.1, 0.15) is 0 Å². The molecule has 1 rings (SSSR count). The molecule has 0 unspecified atom stereocenters. The predicted octanol–water partition coefficient (Wildman–Crippen LogP) is 2.51. The van der Waals surface area contributed by atoms with E-state index in [0.29, 0.717) is 13.0 Å². The van der Waals surface area contributed by atoms with Crippen molar-refractivity contribution in [3.05, 3.63) is 34.9 Å². The summed E-state index contributed by atoms with van der Waals surface area (Å²) in [5.41, 5.74) is 9.01. The van der Waals surface area contributed by atoms with Gasteiger partial charge < -0.3 is 11.1 Å². The molecule has 1 aromatic carbocycles. The Kier molecular flexibility index (Phi) is 7.09. The largest absolute Gasteiger partial charge is 0.350 e. The van der Waals surface area contributed by atoms with Gasteiger partial charge in [0, 0.05) is 18.5 Å². The van der Waals surface area contributed by atoms with Crippen molar-refractivity contribution >= 4 is 18.3 Å². The van der Waals surface area contributed by atoms with E-state index in [9.17, 15) is 4.79 Å². The van der Waals surface area contributed by atoms with Crippen LogP contribution < -0.4 is 11.1 Å². The molecule has 0 aliphatic rings. The van der Waals surface area contributed by atoms with Crippen LogP contribution in [0.1, 0.15) is 37.0 Å². The van der Waals surface area contributed by atoms with Crippen LogP contribution in [0, 0.1) is 13.8 Å². The lowest BCUT2D eigenvalue weighted by molar-refractivity contribution is -0.122. The van der Waals surface area contributed by atoms with Crippen LogP contribution in [-0.2, 0) is 11.2 Å². The van der Waals surface area contributed by atoms with Crippen LogP contribution in [0.3, 0.4) is 0 Å². The first kappa shape index (κ1) is 17.9. The maximum absolute atomic E-state index is 11.8. The number of nitrogens with one attached hydrogen (secondary N) is 1. The maximum atomic E-state index is 11.8. The highest BCUT2D eigenvalue weighted by Gasteiger charge is 2.17. The normalized spacial score (nSPS) is 10.8. The SMILES string of the molecule is Cc1ccc(CCC(=O)NC(C)(C)CN)c(C)c1.Cl. The number of amides is 1. The van der Waals surface area contributed by atoms with Gasteiger partial charge >= 0.3 is 0 Å². The minimum absolute atomic E-state index is 0. The van der Waals surface area contributed by atoms with Gasteiger partial charge in [-0.1, -0.05) is 23.8 Å². The molecule has 0 bridgehead atoms. The third kappa shape index (κ3) is 6.08. The molecule has 0 aromatic heterocycles. The average Bonchev–Trinajstić information content (AvgIpc) is 2.27. The van der Waals surface area contributed by atoms with Gasteiger partial charge in [0.15, 0.2) is 0 Å². The Hall–Kier alpha value is -1.06. The molecule has 0 radical (unpaired) electrons. The summed E-state index contributed by atoms with van der Waals surface area (Å²) in [7, 11) is 0. The van der Waals surface area contributed by atoms with Crippen molar-refractivity contribution in [2.75, 3.05) is 6.54 Å². The molecular weight excluding hydrogens is 260 g/mol. The number of nitrogens with two attached hydrogens (primary N) is 1. The van der Waals surface area contributed by atoms with Gasteiger partial charge in [-0.25, -0.2) is 0 Å². The Bertz CT molecular complexity index is 430. The van der Waals surface area contributed by atoms with Gasteiger partial charge in [-0.15, -0.1) is 12.4 Å². The second-order valence-corrected chi connectivity index (χ2v) is 5.57. The highest BCUT2D eigenvalue weighted by molar-refractivity contribution is 5.85. The topological polar surface area (TPSA) is 55.1 Å². The van der Waals surface area contributed by atoms with Crippen LogP contribution in [0.2, 0.25) is 0 Å². The first-order valence-electron chi connectivity index (χ1n) is 6.41. The van der Waals surface area contributed by atoms with E-state index >= 15 is 0 Å². The van der Waals surface area contributed by atoms with Crippen molar-refractivity contribution in [2.45, 2.75) is 46.1 Å². The molecule has 1 amide bonds. The summed E-state index contributed by atoms with van der Waals surface area (Å²) >= 11 is 0. The summed E-state index contributed by atoms with van der Waals surface area (Å²) < 4.78 is 0. The zero-order valence-corrected chi connectivity index (χ0v) is 13.1. The van der Waals surface area contributed by atoms with Gasteiger partial charge in [0.05, 0.1) is 0 Å². The van der Waals surface area contributed by atoms with E-state index < -0.39 is 0 Å². The highest BCUT2D eigenvalue weighted by Crippen LogP contribution is 2.12. The second kappa shape index (κ2) is 7.51. The van der Waals surface area contributed by atoms with Crippen molar-refractivity contribution in [3.63, 3.8) is 0 Å². The molecule has 0 aliphatic carbocycles. The third-order valence-electron chi connectivity index (χ3n) is 3.11. The molecule has 0 spiro atoms. The van der Waals surface area contributed by atoms with E-state index in [1.54, 1.807) is 0 Å². The summed E-state index contributed by atoms with van der Waals surface area (Å²) in [5, 5.41) is 2.94. The van der Waals surface area contributed by atoms with Crippen LogP contribution in [0.5, 0.6) is 0 Å². The Balaban J connectivity index is 0.00000324. The molecule has 19 heavy (non-hydrogen) atoms. The Morgan fingerprint density at radius 1 is 1.32 bits per heavy atom. The van der Waals surface area contributed by atoms with Gasteiger partial charge in [0.25, 0.3) is 0 Å². The smallest absolute Gasteiger partial charge is 0.220 e. The van der Waals surface area contributed by atoms with Gasteiger partial charge in [-0.3, -0.25) is 4.79 Å². The minimum Gasteiger partial charge on any atom is -0.350 e. The number of hydrogen-bond acceptors (Lipinski definition) is 2. The Morgan fingerprint density at radius 2 is 1.95 bits per heavy atom. The van der Waals surface area contributed by atoms with E-state index in [2.05, 4.69) is 37.4 Å². The third-order valence-corrected chi connectivity index (χ3v) is 3.11. The van der Waals surface area contributed by atoms with Crippen LogP contribution >= 0.6 is 12.4 Å². The second-order valence-electron chi connectivity index (χ2n) is 5.57. The average molecular weight is 285 g/mol. The molecule has 0 fully saturated rings. The highest BCUT2D eigenvalue weighted by atomic mass is 35.5. The lowest BCUT2D eigenvalue weighted by Crippen LogP contribution is -2.48. The van der Waals surface area contributed by atoms with E-state index in [1.165, 1.54) is 16.7 Å². The summed E-state index contributed by atoms with van der Waals surface area (Å²) in [4.78, 5) is 11.8. The quantitative estimate of drug-likeness (QED) is 0.873. The summed E-state index contributed by atoms with van der Waals surface area (Å²) in [6.07, 6.45) is 1.28. The first-order valence-corrected chi connectivity index (χ1v) is 6.41. The van der Waals surface area contributed by atoms with E-state index in [4.69, 9.17) is 5.73 Å². The van der Waals surface area contributed by atoms with Gasteiger partial charge in [-0.2, -0.15) is 0 Å². The Labute approximate surface area is 122 Å². The monoisotopic (exact) mass is 284 g/mol. The molecule has 1 aromatic rings. The van der Waals surface area contributed by atoms with Crippen molar-refractivity contribution in [2.24, 2.45) is 5.73 Å².